The van der Waals surface area contributed by atoms with Crippen LogP contribution in [-0.2, 0) is 16.6 Å². The third-order valence-corrected chi connectivity index (χ3v) is 5.76. The highest BCUT2D eigenvalue weighted by Crippen LogP contribution is 2.45. The highest BCUT2D eigenvalue weighted by atomic mass is 32.2. The zero-order chi connectivity index (χ0) is 16.0. The van der Waals surface area contributed by atoms with Crippen LogP contribution in [0.15, 0.2) is 9.31 Å². The predicted molar refractivity (Wildman–Crippen MR) is 82.7 cm³/mol. The Morgan fingerprint density at radius 3 is 2.33 bits per heavy atom. The molecule has 1 unspecified atom stereocenters. The second-order valence-corrected chi connectivity index (χ2v) is 8.58. The molecule has 1 aromatic rings. The van der Waals surface area contributed by atoms with Crippen molar-refractivity contribution < 1.29 is 12.8 Å². The summed E-state index contributed by atoms with van der Waals surface area (Å²) < 4.78 is 33.7. The second kappa shape index (κ2) is 5.41. The molecule has 2 rings (SSSR count). The molecule has 0 bridgehead atoms. The molecular formula is C15H26N2O3S. The molecule has 1 atom stereocenters. The minimum absolute atomic E-state index is 0.0167. The van der Waals surface area contributed by atoms with E-state index in [1.54, 1.807) is 6.92 Å². The van der Waals surface area contributed by atoms with Crippen LogP contribution >= 0.6 is 0 Å². The molecule has 0 spiro atoms. The van der Waals surface area contributed by atoms with Crippen LogP contribution in [0.5, 0.6) is 0 Å². The molecule has 0 radical (unpaired) electrons. The van der Waals surface area contributed by atoms with Crippen molar-refractivity contribution in [3.8, 4) is 0 Å². The molecule has 1 aliphatic rings. The Hall–Kier alpha value is -0.850. The van der Waals surface area contributed by atoms with E-state index in [9.17, 15) is 8.42 Å². The van der Waals surface area contributed by atoms with Crippen LogP contribution in [0.25, 0.3) is 0 Å². The number of nitrogens with one attached hydrogen (secondary N) is 2. The fourth-order valence-electron chi connectivity index (χ4n) is 2.49. The molecule has 6 heteroatoms. The standard InChI is InChI=1S/C15H26N2O3S/c1-9(2)16-8-12-10(3)20-11(4)14(12)21(18,19)17-13-7-15(13,5)6/h9,13,16-17H,7-8H2,1-6H3. The van der Waals surface area contributed by atoms with Gasteiger partial charge in [-0.05, 0) is 25.7 Å². The lowest BCUT2D eigenvalue weighted by molar-refractivity contribution is 0.491. The SMILES string of the molecule is Cc1oc(C)c(S(=O)(=O)NC2CC2(C)C)c1CNC(C)C. The average Bonchev–Trinajstić information content (AvgIpc) is 2.76. The number of furan rings is 1. The molecule has 1 fully saturated rings. The van der Waals surface area contributed by atoms with Crippen molar-refractivity contribution in [3.63, 3.8) is 0 Å². The van der Waals surface area contributed by atoms with E-state index in [4.69, 9.17) is 4.42 Å². The van der Waals surface area contributed by atoms with Gasteiger partial charge in [-0.1, -0.05) is 27.7 Å². The summed E-state index contributed by atoms with van der Waals surface area (Å²) in [5.41, 5.74) is 0.781. The molecule has 1 saturated carbocycles. The lowest BCUT2D eigenvalue weighted by Crippen LogP contribution is -2.30. The molecule has 0 aliphatic heterocycles. The monoisotopic (exact) mass is 314 g/mol. The summed E-state index contributed by atoms with van der Waals surface area (Å²) in [6, 6.07) is 0.300. The molecule has 120 valence electrons. The van der Waals surface area contributed by atoms with Gasteiger partial charge in [-0.15, -0.1) is 0 Å². The van der Waals surface area contributed by atoms with Crippen molar-refractivity contribution in [2.45, 2.75) is 71.5 Å². The molecular weight excluding hydrogens is 288 g/mol. The minimum atomic E-state index is -3.54. The first-order valence-electron chi connectivity index (χ1n) is 7.39. The van der Waals surface area contributed by atoms with E-state index in [2.05, 4.69) is 23.9 Å². The maximum atomic E-state index is 12.7. The summed E-state index contributed by atoms with van der Waals surface area (Å²) >= 11 is 0. The molecule has 0 aromatic carbocycles. The molecule has 0 saturated heterocycles. The zero-order valence-electron chi connectivity index (χ0n) is 13.7. The van der Waals surface area contributed by atoms with Gasteiger partial charge in [0.25, 0.3) is 0 Å². The highest BCUT2D eigenvalue weighted by molar-refractivity contribution is 7.89. The van der Waals surface area contributed by atoms with E-state index in [1.807, 2.05) is 20.8 Å². The van der Waals surface area contributed by atoms with Gasteiger partial charge in [-0.3, -0.25) is 0 Å². The number of hydrogen-bond acceptors (Lipinski definition) is 4. The van der Waals surface area contributed by atoms with Gasteiger partial charge < -0.3 is 9.73 Å². The van der Waals surface area contributed by atoms with Crippen molar-refractivity contribution in [1.29, 1.82) is 0 Å². The van der Waals surface area contributed by atoms with Crippen LogP contribution in [0.2, 0.25) is 0 Å². The number of aryl methyl sites for hydroxylation is 2. The largest absolute Gasteiger partial charge is 0.465 e. The van der Waals surface area contributed by atoms with Gasteiger partial charge in [-0.2, -0.15) is 0 Å². The van der Waals surface area contributed by atoms with Crippen LogP contribution in [0.3, 0.4) is 0 Å². The first-order valence-corrected chi connectivity index (χ1v) is 8.87. The van der Waals surface area contributed by atoms with Crippen LogP contribution in [0, 0.1) is 19.3 Å². The van der Waals surface area contributed by atoms with E-state index < -0.39 is 10.0 Å². The molecule has 2 N–H and O–H groups in total. The van der Waals surface area contributed by atoms with Gasteiger partial charge in [0.2, 0.25) is 10.0 Å². The smallest absolute Gasteiger partial charge is 0.244 e. The summed E-state index contributed by atoms with van der Waals surface area (Å²) in [6.07, 6.45) is 0.877. The van der Waals surface area contributed by atoms with Crippen LogP contribution in [0.1, 0.15) is 51.2 Å². The van der Waals surface area contributed by atoms with Crippen molar-refractivity contribution in [3.05, 3.63) is 17.1 Å². The van der Waals surface area contributed by atoms with E-state index in [-0.39, 0.29) is 17.5 Å². The van der Waals surface area contributed by atoms with E-state index in [0.717, 1.165) is 12.0 Å². The minimum Gasteiger partial charge on any atom is -0.465 e. The van der Waals surface area contributed by atoms with Crippen molar-refractivity contribution >= 4 is 10.0 Å². The topological polar surface area (TPSA) is 71.3 Å². The fourth-order valence-corrected chi connectivity index (χ4v) is 4.34. The Morgan fingerprint density at radius 1 is 1.29 bits per heavy atom. The maximum Gasteiger partial charge on any atom is 0.244 e. The molecule has 21 heavy (non-hydrogen) atoms. The Balaban J connectivity index is 2.29. The Kier molecular flexibility index (Phi) is 4.26. The lowest BCUT2D eigenvalue weighted by atomic mass is 10.2. The van der Waals surface area contributed by atoms with Crippen molar-refractivity contribution in [1.82, 2.24) is 10.0 Å². The number of sulfonamides is 1. The van der Waals surface area contributed by atoms with Gasteiger partial charge in [0.1, 0.15) is 16.4 Å². The zero-order valence-corrected chi connectivity index (χ0v) is 14.5. The van der Waals surface area contributed by atoms with Gasteiger partial charge in [0.05, 0.1) is 0 Å². The van der Waals surface area contributed by atoms with Gasteiger partial charge in [0, 0.05) is 24.2 Å². The molecule has 1 aromatic heterocycles. The second-order valence-electron chi connectivity index (χ2n) is 6.92. The normalized spacial score (nSPS) is 21.0. The van der Waals surface area contributed by atoms with Gasteiger partial charge in [0.15, 0.2) is 0 Å². The molecule has 0 amide bonds. The summed E-state index contributed by atoms with van der Waals surface area (Å²) in [4.78, 5) is 0.302. The Morgan fingerprint density at radius 2 is 1.86 bits per heavy atom. The molecule has 1 heterocycles. The average molecular weight is 314 g/mol. The molecule has 5 nitrogen and oxygen atoms in total. The third kappa shape index (κ3) is 3.49. The lowest BCUT2D eigenvalue weighted by Gasteiger charge is -2.12. The van der Waals surface area contributed by atoms with E-state index >= 15 is 0 Å². The summed E-state index contributed by atoms with van der Waals surface area (Å²) in [5.74, 6) is 1.12. The Bertz CT molecular complexity index is 630. The first-order chi connectivity index (χ1) is 9.54. The Labute approximate surface area is 127 Å². The van der Waals surface area contributed by atoms with E-state index in [0.29, 0.717) is 23.0 Å². The quantitative estimate of drug-likeness (QED) is 0.846. The summed E-state index contributed by atoms with van der Waals surface area (Å²) in [7, 11) is -3.54. The third-order valence-electron chi connectivity index (χ3n) is 4.09. The van der Waals surface area contributed by atoms with Crippen LogP contribution in [-0.4, -0.2) is 20.5 Å². The summed E-state index contributed by atoms with van der Waals surface area (Å²) in [6.45, 7) is 12.2. The predicted octanol–water partition coefficient (Wildman–Crippen LogP) is 2.47. The number of hydrogen-bond donors (Lipinski definition) is 2. The first kappa shape index (κ1) is 16.5. The van der Waals surface area contributed by atoms with E-state index in [1.165, 1.54) is 0 Å². The van der Waals surface area contributed by atoms with Crippen molar-refractivity contribution in [2.24, 2.45) is 5.41 Å². The van der Waals surface area contributed by atoms with Crippen molar-refractivity contribution in [2.75, 3.05) is 0 Å². The molecule has 1 aliphatic carbocycles. The van der Waals surface area contributed by atoms with Gasteiger partial charge >= 0.3 is 0 Å². The van der Waals surface area contributed by atoms with Gasteiger partial charge in [-0.25, -0.2) is 13.1 Å². The summed E-state index contributed by atoms with van der Waals surface area (Å²) in [5, 5.41) is 3.26. The fraction of sp³-hybridized carbons (Fsp3) is 0.733. The van der Waals surface area contributed by atoms with Crippen LogP contribution < -0.4 is 10.0 Å². The maximum absolute atomic E-state index is 12.7. The number of rotatable bonds is 6. The van der Waals surface area contributed by atoms with Crippen LogP contribution in [0.4, 0.5) is 0 Å². The highest BCUT2D eigenvalue weighted by Gasteiger charge is 2.48.